The van der Waals surface area contributed by atoms with Gasteiger partial charge in [0.15, 0.2) is 33.6 Å². The molecule has 10 nitrogen and oxygen atoms in total. The van der Waals surface area contributed by atoms with Crippen molar-refractivity contribution in [1.29, 1.82) is 0 Å². The first-order valence-corrected chi connectivity index (χ1v) is 48.3. The minimum Gasteiger partial charge on any atom is -0.457 e. The summed E-state index contributed by atoms with van der Waals surface area (Å²) in [6.45, 7) is 0. The molecule has 2 aliphatic heterocycles. The zero-order chi connectivity index (χ0) is 96.3. The van der Waals surface area contributed by atoms with Crippen molar-refractivity contribution >= 4 is 0 Å². The molecule has 0 radical (unpaired) electrons. The number of benzene rings is 20. The summed E-state index contributed by atoms with van der Waals surface area (Å²) in [5.74, 6) is 2.03. The van der Waals surface area contributed by atoms with Crippen LogP contribution in [0, 0.1) is 0 Å². The Hall–Kier alpha value is -16.3. The third kappa shape index (κ3) is 13.8. The van der Waals surface area contributed by atoms with Gasteiger partial charge in [0.25, 0.3) is 0 Å². The maximum absolute atomic E-state index is 14.3. The van der Waals surface area contributed by atoms with E-state index < -0.39 is 55.6 Å². The van der Waals surface area contributed by atoms with Crippen LogP contribution < -0.4 is 9.47 Å². The van der Waals surface area contributed by atoms with E-state index in [0.29, 0.717) is 89.8 Å². The second kappa shape index (κ2) is 37.8. The minimum absolute atomic E-state index is 0. The van der Waals surface area contributed by atoms with Crippen LogP contribution in [-0.4, -0.2) is 40.9 Å². The fourth-order valence-corrected chi connectivity index (χ4v) is 25.0. The van der Waals surface area contributed by atoms with Crippen molar-refractivity contribution in [2.24, 2.45) is 0 Å². The Labute approximate surface area is 854 Å². The molecule has 10 heteroatoms. The smallest absolute Gasteiger partial charge is 0.159 e. The van der Waals surface area contributed by atoms with Gasteiger partial charge in [-0.1, -0.05) is 527 Å². The highest BCUT2D eigenvalue weighted by atomic mass is 16.5. The number of aliphatic hydroxyl groups is 8. The van der Waals surface area contributed by atoms with Crippen LogP contribution in [0.5, 0.6) is 23.0 Å². The average Bonchev–Trinajstić information content (AvgIpc) is 0.649. The highest BCUT2D eigenvalue weighted by molar-refractivity contribution is 5.78. The van der Waals surface area contributed by atoms with Crippen LogP contribution in [-0.2, 0) is 68.5 Å². The molecule has 2 heterocycles. The van der Waals surface area contributed by atoms with Gasteiger partial charge in [0.1, 0.15) is 34.2 Å². The van der Waals surface area contributed by atoms with Crippen molar-refractivity contribution < 1.29 is 50.3 Å². The van der Waals surface area contributed by atoms with Gasteiger partial charge in [-0.2, -0.15) is 0 Å². The third-order valence-corrected chi connectivity index (χ3v) is 31.0. The van der Waals surface area contributed by atoms with E-state index in [2.05, 4.69) is 170 Å². The highest BCUT2D eigenvalue weighted by Gasteiger charge is 2.67. The van der Waals surface area contributed by atoms with Gasteiger partial charge in [-0.15, -0.1) is 0 Å². The summed E-state index contributed by atoms with van der Waals surface area (Å²) in [5, 5.41) is 103. The lowest BCUT2D eigenvalue weighted by molar-refractivity contribution is -0.121. The molecular weight excluding hydrogens is 1790 g/mol. The summed E-state index contributed by atoms with van der Waals surface area (Å²) in [6.07, 6.45) is 1.49. The molecule has 27 rings (SSSR count). The Morgan fingerprint density at radius 2 is 0.267 bits per heavy atom. The van der Waals surface area contributed by atoms with E-state index in [9.17, 15) is 40.9 Å². The summed E-state index contributed by atoms with van der Waals surface area (Å²) in [7, 11) is 0. The highest BCUT2D eigenvalue weighted by Crippen LogP contribution is 2.68. The van der Waals surface area contributed by atoms with E-state index in [4.69, 9.17) is 9.47 Å². The quantitative estimate of drug-likeness (QED) is 0.0693. The molecule has 8 N–H and O–H groups in total. The molecule has 0 saturated carbocycles. The number of ether oxygens (including phenoxy) is 2. The van der Waals surface area contributed by atoms with Crippen LogP contribution in [0.25, 0.3) is 0 Å². The van der Waals surface area contributed by atoms with Crippen LogP contribution in [0.15, 0.2) is 522 Å². The normalized spacial score (nSPS) is 17.5. The van der Waals surface area contributed by atoms with Crippen LogP contribution in [0.4, 0.5) is 0 Å². The van der Waals surface area contributed by atoms with Crippen molar-refractivity contribution in [2.45, 2.75) is 98.2 Å². The zero-order valence-electron chi connectivity index (χ0n) is 77.5. The van der Waals surface area contributed by atoms with Gasteiger partial charge >= 0.3 is 0 Å². The Morgan fingerprint density at radius 3 is 0.473 bits per heavy atom. The van der Waals surface area contributed by atoms with Gasteiger partial charge < -0.3 is 50.3 Å². The maximum atomic E-state index is 14.3. The minimum atomic E-state index is -1.93. The van der Waals surface area contributed by atoms with Crippen molar-refractivity contribution in [3.63, 3.8) is 0 Å². The van der Waals surface area contributed by atoms with Crippen LogP contribution >= 0.6 is 0 Å². The molecule has 7 aliphatic rings. The maximum Gasteiger partial charge on any atom is 0.159 e. The van der Waals surface area contributed by atoms with Crippen LogP contribution in [0.3, 0.4) is 0 Å². The molecule has 718 valence electrons. The van der Waals surface area contributed by atoms with E-state index in [-0.39, 0.29) is 29.7 Å². The average molecular weight is 1910 g/mol. The van der Waals surface area contributed by atoms with Gasteiger partial charge in [-0.3, -0.25) is 0 Å². The van der Waals surface area contributed by atoms with Crippen molar-refractivity contribution in [3.05, 3.63) is 689 Å². The fourth-order valence-electron chi connectivity index (χ4n) is 25.0. The Kier molecular flexibility index (Phi) is 25.1. The zero-order valence-corrected chi connectivity index (χ0v) is 77.5. The molecule has 146 heavy (non-hydrogen) atoms. The molecule has 0 atom stereocenters. The molecule has 0 amide bonds. The van der Waals surface area contributed by atoms with Crippen molar-refractivity contribution in [3.8, 4) is 23.0 Å². The van der Waals surface area contributed by atoms with Gasteiger partial charge in [-0.05, 0) is 182 Å². The number of hydrogen-bond acceptors (Lipinski definition) is 10. The first-order valence-electron chi connectivity index (χ1n) is 48.3. The lowest BCUT2D eigenvalue weighted by Crippen LogP contribution is -2.59. The summed E-state index contributed by atoms with van der Waals surface area (Å²) in [6, 6.07) is 171. The fraction of sp³-hybridized carbons (Fsp3) is 0.118. The van der Waals surface area contributed by atoms with E-state index in [0.717, 1.165) is 113 Å². The van der Waals surface area contributed by atoms with Crippen LogP contribution in [0.1, 0.15) is 197 Å². The molecule has 20 aromatic rings. The lowest BCUT2D eigenvalue weighted by atomic mass is 9.48. The second-order valence-electron chi connectivity index (χ2n) is 37.8. The van der Waals surface area contributed by atoms with Gasteiger partial charge in [0.05, 0.1) is 10.8 Å². The van der Waals surface area contributed by atoms with E-state index in [1.54, 1.807) is 48.5 Å². The van der Waals surface area contributed by atoms with Crippen LogP contribution in [0.2, 0.25) is 0 Å². The Bertz CT molecular complexity index is 7120. The molecule has 0 aromatic heterocycles. The second-order valence-corrected chi connectivity index (χ2v) is 37.8. The first kappa shape index (κ1) is 97.1. The lowest BCUT2D eigenvalue weighted by Gasteiger charge is -2.57. The van der Waals surface area contributed by atoms with Crippen molar-refractivity contribution in [1.82, 2.24) is 0 Å². The van der Waals surface area contributed by atoms with Gasteiger partial charge in [0.2, 0.25) is 0 Å². The Balaban J connectivity index is 0.000000123. The summed E-state index contributed by atoms with van der Waals surface area (Å²) < 4.78 is 12.2. The SMILES string of the molecule is C.C.C.C.OC1(C2(O)c3ccccc3C(c3ccccc3)(c3ccccc3)c3ccccc32)c2ccccc2C(c2ccccc2)(c2ccccc2)c2ccccc21.OC1(C2(O)c3ccccc3Cc3ccccc32)c2ccccc2Cc2ccccc21.OC1(C2(O)c3ccccc3Oc3ccccc32)c2ccccc2Oc2ccccc21.OC1(c2ccccc2)c2ccccc2C(O)(c2ccccc2)c2ccccc21. The third-order valence-electron chi connectivity index (χ3n) is 31.0. The topological polar surface area (TPSA) is 180 Å². The molecule has 0 fully saturated rings. The standard InChI is InChI=1S/C52H38O2.C28H22O2.C26H18O4.C26H20O2.4CH4/c53-51(45-33-17-13-29-41(45)49(37-21-5-1-6-22-37,38-23-7-2-8-24-38)42-30-14-18-34-46(42)51)52(54)47-35-19-15-31-43(47)50(39-25-9-3-10-26-39,40-27-11-4-12-28-40)44-32-16-20-36-48(44)52;29-27(23-13-5-1-9-19(23)17-20-10-2-6-14-24(20)27)28(30)25-15-7-3-11-21(25)18-22-12-4-8-16-26(22)28;27-25(17-9-1-5-13-21(17)29-22-14-6-2-10-18(22)25)26(28)19-11-3-7-15-23(19)30-24-16-8-4-12-20(24)26;27-25(19-11-3-1-4-12-19)21-15-7-9-17-23(21)26(28,20-13-5-2-6-14-20)24-18-10-8-16-22(24)25;;;;/h1-36,53-54H;1-16,29-30H,17-18H2;1-16,27-28H;1-18,27-28H;4*1H4. The Morgan fingerprint density at radius 1 is 0.130 bits per heavy atom. The van der Waals surface area contributed by atoms with Gasteiger partial charge in [0, 0.05) is 22.3 Å². The molecule has 0 bridgehead atoms. The van der Waals surface area contributed by atoms with E-state index in [1.807, 2.05) is 303 Å². The summed E-state index contributed by atoms with van der Waals surface area (Å²) in [4.78, 5) is 0. The molecular formula is C136H114O10. The van der Waals surface area contributed by atoms with Gasteiger partial charge in [-0.25, -0.2) is 0 Å². The van der Waals surface area contributed by atoms with E-state index >= 15 is 0 Å². The molecule has 0 spiro atoms. The number of hydrogen-bond donors (Lipinski definition) is 8. The summed E-state index contributed by atoms with van der Waals surface area (Å²) in [5.41, 5.74) is 9.40. The predicted octanol–water partition coefficient (Wildman–Crippen LogP) is 27.1. The molecule has 5 aliphatic carbocycles. The predicted molar refractivity (Wildman–Crippen MR) is 582 cm³/mol. The molecule has 20 aromatic carbocycles. The number of fused-ring (bicyclic) bond motifs is 14. The monoisotopic (exact) mass is 1910 g/mol. The summed E-state index contributed by atoms with van der Waals surface area (Å²) >= 11 is 0. The molecule has 0 saturated heterocycles. The van der Waals surface area contributed by atoms with Crippen molar-refractivity contribution in [2.75, 3.05) is 0 Å². The number of rotatable bonds is 9. The first-order chi connectivity index (χ1) is 69.5. The van der Waals surface area contributed by atoms with E-state index in [1.165, 1.54) is 0 Å². The number of para-hydroxylation sites is 4. The largest absolute Gasteiger partial charge is 0.457 e. The molecule has 0 unspecified atom stereocenters.